The maximum Gasteiger partial charge on any atom is 0.240 e. The number of nitrogens with one attached hydrogen (secondary N) is 1. The Hall–Kier alpha value is -0.950. The number of rotatable bonds is 6. The Bertz CT molecular complexity index is 442. The second-order valence-corrected chi connectivity index (χ2v) is 5.54. The molecular weight excluding hydrogens is 240 g/mol. The highest BCUT2D eigenvalue weighted by Crippen LogP contribution is 2.10. The first kappa shape index (κ1) is 14.1. The van der Waals surface area contributed by atoms with Crippen LogP contribution in [0.15, 0.2) is 29.2 Å². The zero-order chi connectivity index (χ0) is 12.9. The molecule has 0 saturated carbocycles. The Kier molecular flexibility index (Phi) is 5.07. The Morgan fingerprint density at radius 1 is 1.35 bits per heavy atom. The maximum absolute atomic E-state index is 12.0. The number of ether oxygens (including phenoxy) is 1. The lowest BCUT2D eigenvalue weighted by Gasteiger charge is -2.15. The van der Waals surface area contributed by atoms with E-state index in [9.17, 15) is 8.42 Å². The van der Waals surface area contributed by atoms with Crippen LogP contribution in [0, 0.1) is 6.92 Å². The van der Waals surface area contributed by atoms with Crippen LogP contribution in [0.4, 0.5) is 0 Å². The number of methoxy groups -OCH3 is 1. The molecule has 0 radical (unpaired) electrons. The van der Waals surface area contributed by atoms with Gasteiger partial charge in [0.1, 0.15) is 0 Å². The average molecular weight is 258 g/mol. The van der Waals surface area contributed by atoms with Gasteiger partial charge in [-0.15, -0.1) is 0 Å². The van der Waals surface area contributed by atoms with Crippen LogP contribution in [-0.4, -0.2) is 34.7 Å². The summed E-state index contributed by atoms with van der Waals surface area (Å²) in [6.45, 7) is 2.35. The van der Waals surface area contributed by atoms with Crippen molar-refractivity contribution >= 4 is 10.0 Å². The van der Waals surface area contributed by atoms with E-state index in [1.165, 1.54) is 7.11 Å². The molecule has 0 spiro atoms. The standard InChI is InChI=1S/C11H18N2O3S/c1-9-3-5-11(6-4-9)17(14,15)13-10(7-12)8-16-2/h3-6,10,13H,7-8,12H2,1-2H3. The molecule has 17 heavy (non-hydrogen) atoms. The van der Waals surface area contributed by atoms with Crippen LogP contribution in [0.1, 0.15) is 5.56 Å². The summed E-state index contributed by atoms with van der Waals surface area (Å²) in [5.74, 6) is 0. The molecule has 6 heteroatoms. The number of hydrogen-bond acceptors (Lipinski definition) is 4. The molecule has 1 aromatic rings. The first-order valence-corrected chi connectivity index (χ1v) is 6.76. The summed E-state index contributed by atoms with van der Waals surface area (Å²) in [6.07, 6.45) is 0. The van der Waals surface area contributed by atoms with Crippen molar-refractivity contribution in [2.24, 2.45) is 5.73 Å². The number of sulfonamides is 1. The molecule has 3 N–H and O–H groups in total. The summed E-state index contributed by atoms with van der Waals surface area (Å²) >= 11 is 0. The van der Waals surface area contributed by atoms with Gasteiger partial charge >= 0.3 is 0 Å². The molecule has 0 aliphatic rings. The molecule has 0 heterocycles. The van der Waals surface area contributed by atoms with Crippen LogP contribution in [0.25, 0.3) is 0 Å². The highest BCUT2D eigenvalue weighted by atomic mass is 32.2. The molecule has 1 rings (SSSR count). The lowest BCUT2D eigenvalue weighted by molar-refractivity contribution is 0.177. The fraction of sp³-hybridized carbons (Fsp3) is 0.455. The second-order valence-electron chi connectivity index (χ2n) is 3.82. The van der Waals surface area contributed by atoms with E-state index >= 15 is 0 Å². The van der Waals surface area contributed by atoms with Gasteiger partial charge in [0.2, 0.25) is 10.0 Å². The smallest absolute Gasteiger partial charge is 0.240 e. The van der Waals surface area contributed by atoms with E-state index in [-0.39, 0.29) is 18.0 Å². The maximum atomic E-state index is 12.0. The third-order valence-electron chi connectivity index (χ3n) is 2.31. The van der Waals surface area contributed by atoms with E-state index in [0.717, 1.165) is 5.56 Å². The molecule has 0 aliphatic heterocycles. The highest BCUT2D eigenvalue weighted by Gasteiger charge is 2.18. The molecule has 0 bridgehead atoms. The molecule has 96 valence electrons. The minimum absolute atomic E-state index is 0.193. The molecule has 1 unspecified atom stereocenters. The lowest BCUT2D eigenvalue weighted by atomic mass is 10.2. The molecule has 0 aliphatic carbocycles. The normalized spacial score (nSPS) is 13.6. The first-order chi connectivity index (χ1) is 7.99. The van der Waals surface area contributed by atoms with Gasteiger partial charge in [-0.3, -0.25) is 0 Å². The SMILES string of the molecule is COCC(CN)NS(=O)(=O)c1ccc(C)cc1. The minimum Gasteiger partial charge on any atom is -0.383 e. The van der Waals surface area contributed by atoms with Crippen LogP contribution in [-0.2, 0) is 14.8 Å². The van der Waals surface area contributed by atoms with Crippen LogP contribution in [0.2, 0.25) is 0 Å². The summed E-state index contributed by atoms with van der Waals surface area (Å²) in [4.78, 5) is 0.234. The Labute approximate surface area is 102 Å². The zero-order valence-corrected chi connectivity index (χ0v) is 10.8. The quantitative estimate of drug-likeness (QED) is 0.766. The van der Waals surface area contributed by atoms with Gasteiger partial charge in [-0.1, -0.05) is 17.7 Å². The predicted molar refractivity (Wildman–Crippen MR) is 66.2 cm³/mol. The van der Waals surface area contributed by atoms with Gasteiger partial charge < -0.3 is 10.5 Å². The van der Waals surface area contributed by atoms with Crippen molar-refractivity contribution in [2.45, 2.75) is 17.9 Å². The van der Waals surface area contributed by atoms with E-state index < -0.39 is 16.1 Å². The Balaban J connectivity index is 2.84. The minimum atomic E-state index is -3.52. The third-order valence-corrected chi connectivity index (χ3v) is 3.84. The second kappa shape index (κ2) is 6.11. The number of aryl methyl sites for hydroxylation is 1. The van der Waals surface area contributed by atoms with Gasteiger partial charge in [0.05, 0.1) is 17.5 Å². The number of nitrogens with two attached hydrogens (primary N) is 1. The van der Waals surface area contributed by atoms with Gasteiger partial charge in [0.25, 0.3) is 0 Å². The van der Waals surface area contributed by atoms with E-state index in [0.29, 0.717) is 0 Å². The molecule has 1 aromatic carbocycles. The molecular formula is C11H18N2O3S. The summed E-state index contributed by atoms with van der Waals surface area (Å²) < 4.78 is 31.3. The van der Waals surface area contributed by atoms with E-state index in [4.69, 9.17) is 10.5 Å². The van der Waals surface area contributed by atoms with Gasteiger partial charge in [-0.05, 0) is 19.1 Å². The van der Waals surface area contributed by atoms with Crippen LogP contribution in [0.3, 0.4) is 0 Å². The summed E-state index contributed by atoms with van der Waals surface area (Å²) in [5, 5.41) is 0. The topological polar surface area (TPSA) is 81.4 Å². The fourth-order valence-electron chi connectivity index (χ4n) is 1.36. The Morgan fingerprint density at radius 3 is 2.41 bits per heavy atom. The van der Waals surface area contributed by atoms with Gasteiger partial charge in [0.15, 0.2) is 0 Å². The van der Waals surface area contributed by atoms with E-state index in [2.05, 4.69) is 4.72 Å². The van der Waals surface area contributed by atoms with Gasteiger partial charge in [-0.2, -0.15) is 0 Å². The van der Waals surface area contributed by atoms with Crippen molar-refractivity contribution in [3.63, 3.8) is 0 Å². The molecule has 0 saturated heterocycles. The van der Waals surface area contributed by atoms with Crippen molar-refractivity contribution in [1.82, 2.24) is 4.72 Å². The predicted octanol–water partition coefficient (Wildman–Crippen LogP) is 0.247. The van der Waals surface area contributed by atoms with Crippen LogP contribution in [0.5, 0.6) is 0 Å². The third kappa shape index (κ3) is 4.08. The summed E-state index contributed by atoms with van der Waals surface area (Å²) in [7, 11) is -2.02. The van der Waals surface area contributed by atoms with Gasteiger partial charge in [0, 0.05) is 13.7 Å². The van der Waals surface area contributed by atoms with E-state index in [1.807, 2.05) is 6.92 Å². The number of hydrogen-bond donors (Lipinski definition) is 2. The average Bonchev–Trinajstić information content (AvgIpc) is 2.28. The summed E-state index contributed by atoms with van der Waals surface area (Å²) in [6, 6.07) is 6.23. The molecule has 0 amide bonds. The number of benzene rings is 1. The van der Waals surface area contributed by atoms with Crippen molar-refractivity contribution in [2.75, 3.05) is 20.3 Å². The molecule has 1 atom stereocenters. The van der Waals surface area contributed by atoms with Crippen molar-refractivity contribution < 1.29 is 13.2 Å². The van der Waals surface area contributed by atoms with E-state index in [1.54, 1.807) is 24.3 Å². The monoisotopic (exact) mass is 258 g/mol. The van der Waals surface area contributed by atoms with Crippen molar-refractivity contribution in [1.29, 1.82) is 0 Å². The Morgan fingerprint density at radius 2 is 1.94 bits per heavy atom. The zero-order valence-electron chi connectivity index (χ0n) is 10.0. The molecule has 5 nitrogen and oxygen atoms in total. The van der Waals surface area contributed by atoms with Crippen LogP contribution < -0.4 is 10.5 Å². The first-order valence-electron chi connectivity index (χ1n) is 5.27. The van der Waals surface area contributed by atoms with Gasteiger partial charge in [-0.25, -0.2) is 13.1 Å². The molecule has 0 fully saturated rings. The fourth-order valence-corrected chi connectivity index (χ4v) is 2.59. The molecule has 0 aromatic heterocycles. The van der Waals surface area contributed by atoms with Crippen LogP contribution >= 0.6 is 0 Å². The lowest BCUT2D eigenvalue weighted by Crippen LogP contribution is -2.43. The highest BCUT2D eigenvalue weighted by molar-refractivity contribution is 7.89. The summed E-state index contributed by atoms with van der Waals surface area (Å²) in [5.41, 5.74) is 6.47. The largest absolute Gasteiger partial charge is 0.383 e. The van der Waals surface area contributed by atoms with Crippen molar-refractivity contribution in [3.05, 3.63) is 29.8 Å². The van der Waals surface area contributed by atoms with Crippen molar-refractivity contribution in [3.8, 4) is 0 Å².